The predicted octanol–water partition coefficient (Wildman–Crippen LogP) is 2.09. The molecule has 2 fully saturated rings. The van der Waals surface area contributed by atoms with Crippen molar-refractivity contribution in [3.8, 4) is 0 Å². The molecule has 0 spiro atoms. The minimum Gasteiger partial charge on any atom is -0.379 e. The van der Waals surface area contributed by atoms with Crippen LogP contribution in [0.3, 0.4) is 0 Å². The summed E-state index contributed by atoms with van der Waals surface area (Å²) >= 11 is 0. The van der Waals surface area contributed by atoms with E-state index in [0.29, 0.717) is 51.7 Å². The zero-order chi connectivity index (χ0) is 37.9. The SMILES string of the molecule is CCC(C)C(C(CC(=O)N1CCCC1C(OC)C(C)C=O)OC)N(C)C(=O)CNC(=O)C1(C)CCCN1C(=O)CCCCCN1C(=O)C=CC1=O. The third-order valence-corrected chi connectivity index (χ3v) is 11.1. The van der Waals surface area contributed by atoms with Crippen LogP contribution in [0, 0.1) is 11.8 Å². The van der Waals surface area contributed by atoms with Crippen molar-refractivity contribution < 1.29 is 43.0 Å². The molecule has 14 heteroatoms. The molecular weight excluding hydrogens is 658 g/mol. The second-order valence-corrected chi connectivity index (χ2v) is 14.4. The largest absolute Gasteiger partial charge is 0.379 e. The molecule has 0 saturated carbocycles. The highest BCUT2D eigenvalue weighted by molar-refractivity contribution is 6.12. The first kappa shape index (κ1) is 41.8. The molecule has 0 radical (unpaired) electrons. The smallest absolute Gasteiger partial charge is 0.253 e. The highest BCUT2D eigenvalue weighted by Crippen LogP contribution is 2.31. The Bertz CT molecular complexity index is 1290. The summed E-state index contributed by atoms with van der Waals surface area (Å²) in [6.07, 6.45) is 7.78. The zero-order valence-corrected chi connectivity index (χ0v) is 31.6. The van der Waals surface area contributed by atoms with Crippen molar-refractivity contribution >= 4 is 41.7 Å². The molecule has 0 aromatic heterocycles. The number of ether oxygens (including phenoxy) is 2. The number of likely N-dealkylation sites (tertiary alicyclic amines) is 2. The quantitative estimate of drug-likeness (QED) is 0.113. The predicted molar refractivity (Wildman–Crippen MR) is 189 cm³/mol. The van der Waals surface area contributed by atoms with Crippen LogP contribution in [0.2, 0.25) is 0 Å². The molecule has 51 heavy (non-hydrogen) atoms. The molecule has 3 rings (SSSR count). The maximum absolute atomic E-state index is 13.7. The van der Waals surface area contributed by atoms with Gasteiger partial charge >= 0.3 is 0 Å². The Hall–Kier alpha value is -3.65. The van der Waals surface area contributed by atoms with Crippen molar-refractivity contribution in [1.82, 2.24) is 24.9 Å². The molecule has 3 aliphatic heterocycles. The molecule has 14 nitrogen and oxygen atoms in total. The van der Waals surface area contributed by atoms with Gasteiger partial charge in [0.1, 0.15) is 11.8 Å². The van der Waals surface area contributed by atoms with Crippen molar-refractivity contribution in [2.45, 2.75) is 122 Å². The van der Waals surface area contributed by atoms with Gasteiger partial charge in [0.05, 0.1) is 37.3 Å². The van der Waals surface area contributed by atoms with E-state index in [1.807, 2.05) is 13.8 Å². The van der Waals surface area contributed by atoms with Crippen LogP contribution in [0.5, 0.6) is 0 Å². The molecule has 2 saturated heterocycles. The number of unbranched alkanes of at least 4 members (excludes halogenated alkanes) is 2. The van der Waals surface area contributed by atoms with Gasteiger partial charge in [-0.05, 0) is 51.4 Å². The number of hydrogen-bond donors (Lipinski definition) is 1. The summed E-state index contributed by atoms with van der Waals surface area (Å²) in [5.41, 5.74) is -1.10. The summed E-state index contributed by atoms with van der Waals surface area (Å²) in [4.78, 5) is 95.2. The number of amides is 6. The molecule has 0 aromatic rings. The first-order chi connectivity index (χ1) is 24.2. The number of aldehydes is 1. The number of nitrogens with one attached hydrogen (secondary N) is 1. The van der Waals surface area contributed by atoms with Crippen LogP contribution in [0.4, 0.5) is 0 Å². The summed E-state index contributed by atoms with van der Waals surface area (Å²) < 4.78 is 11.5. The van der Waals surface area contributed by atoms with E-state index in [9.17, 15) is 33.6 Å². The fourth-order valence-electron chi connectivity index (χ4n) is 7.86. The van der Waals surface area contributed by atoms with Gasteiger partial charge in [0, 0.05) is 65.4 Å². The fraction of sp³-hybridized carbons (Fsp3) is 0.757. The Morgan fingerprint density at radius 3 is 2.31 bits per heavy atom. The van der Waals surface area contributed by atoms with E-state index >= 15 is 0 Å². The van der Waals surface area contributed by atoms with Gasteiger partial charge in [-0.25, -0.2) is 0 Å². The van der Waals surface area contributed by atoms with Crippen LogP contribution in [0.15, 0.2) is 12.2 Å². The van der Waals surface area contributed by atoms with Crippen LogP contribution in [0.25, 0.3) is 0 Å². The number of likely N-dealkylation sites (N-methyl/N-ethyl adjacent to an activating group) is 1. The normalized spacial score (nSPS) is 23.3. The lowest BCUT2D eigenvalue weighted by Gasteiger charge is -2.39. The minimum absolute atomic E-state index is 0.0305. The van der Waals surface area contributed by atoms with Gasteiger partial charge in [0.25, 0.3) is 11.8 Å². The highest BCUT2D eigenvalue weighted by atomic mass is 16.5. The molecule has 7 unspecified atom stereocenters. The van der Waals surface area contributed by atoms with Gasteiger partial charge in [-0.15, -0.1) is 0 Å². The second kappa shape index (κ2) is 19.3. The van der Waals surface area contributed by atoms with Gasteiger partial charge in [0.15, 0.2) is 0 Å². The third kappa shape index (κ3) is 10.0. The summed E-state index contributed by atoms with van der Waals surface area (Å²) in [6, 6.07) is -0.684. The number of carbonyl (C=O) groups is 7. The fourth-order valence-corrected chi connectivity index (χ4v) is 7.86. The van der Waals surface area contributed by atoms with Crippen molar-refractivity contribution in [3.63, 3.8) is 0 Å². The molecular formula is C37H59N5O9. The van der Waals surface area contributed by atoms with Gasteiger partial charge in [-0.3, -0.25) is 33.7 Å². The first-order valence-corrected chi connectivity index (χ1v) is 18.4. The second-order valence-electron chi connectivity index (χ2n) is 14.4. The Morgan fingerprint density at radius 2 is 1.71 bits per heavy atom. The molecule has 286 valence electrons. The molecule has 3 aliphatic rings. The summed E-state index contributed by atoms with van der Waals surface area (Å²) in [7, 11) is 4.74. The average Bonchev–Trinajstić information content (AvgIpc) is 3.85. The third-order valence-electron chi connectivity index (χ3n) is 11.1. The van der Waals surface area contributed by atoms with Gasteiger partial charge < -0.3 is 34.3 Å². The Morgan fingerprint density at radius 1 is 1.02 bits per heavy atom. The summed E-state index contributed by atoms with van der Waals surface area (Å²) in [6.45, 7) is 8.54. The molecule has 0 bridgehead atoms. The maximum Gasteiger partial charge on any atom is 0.253 e. The van der Waals surface area contributed by atoms with E-state index in [2.05, 4.69) is 5.32 Å². The van der Waals surface area contributed by atoms with Crippen molar-refractivity contribution in [3.05, 3.63) is 12.2 Å². The van der Waals surface area contributed by atoms with Crippen LogP contribution in [-0.4, -0.2) is 139 Å². The maximum atomic E-state index is 13.7. The van der Waals surface area contributed by atoms with Gasteiger partial charge in [-0.1, -0.05) is 33.6 Å². The standard InChI is InChI=1S/C37H59N5O9/c1-8-25(2)34(28(50-6)22-32(47)40-20-12-14-27(40)35(51-7)26(3)24-43)39(5)33(48)23-38-36(49)37(4)18-13-21-42(37)31(46)15-10-9-11-19-41-29(44)16-17-30(41)45/h16-17,24-28,34-35H,8-15,18-23H2,1-7H3,(H,38,49). The van der Waals surface area contributed by atoms with Crippen LogP contribution < -0.4 is 5.32 Å². The lowest BCUT2D eigenvalue weighted by Crippen LogP contribution is -2.58. The van der Waals surface area contributed by atoms with Crippen molar-refractivity contribution in [2.75, 3.05) is 47.4 Å². The van der Waals surface area contributed by atoms with E-state index in [0.717, 1.165) is 25.5 Å². The number of methoxy groups -OCH3 is 2. The van der Waals surface area contributed by atoms with Crippen molar-refractivity contribution in [1.29, 1.82) is 0 Å². The van der Waals surface area contributed by atoms with Crippen LogP contribution in [0.1, 0.15) is 91.9 Å². The van der Waals surface area contributed by atoms with Crippen LogP contribution in [-0.2, 0) is 43.0 Å². The van der Waals surface area contributed by atoms with Crippen molar-refractivity contribution in [2.24, 2.45) is 11.8 Å². The molecule has 0 aliphatic carbocycles. The van der Waals surface area contributed by atoms with E-state index in [1.165, 1.54) is 24.2 Å². The zero-order valence-electron chi connectivity index (χ0n) is 31.6. The van der Waals surface area contributed by atoms with Crippen LogP contribution >= 0.6 is 0 Å². The lowest BCUT2D eigenvalue weighted by atomic mass is 9.90. The van der Waals surface area contributed by atoms with E-state index in [-0.39, 0.29) is 66.8 Å². The Balaban J connectivity index is 1.57. The first-order valence-electron chi connectivity index (χ1n) is 18.4. The van der Waals surface area contributed by atoms with Gasteiger partial charge in [0.2, 0.25) is 23.6 Å². The highest BCUT2D eigenvalue weighted by Gasteiger charge is 2.46. The minimum atomic E-state index is -1.10. The number of rotatable bonds is 20. The number of imide groups is 1. The molecule has 0 aromatic carbocycles. The number of carbonyl (C=O) groups excluding carboxylic acids is 7. The van der Waals surface area contributed by atoms with Gasteiger partial charge in [-0.2, -0.15) is 0 Å². The topological polar surface area (TPSA) is 163 Å². The number of nitrogens with zero attached hydrogens (tertiary/aromatic N) is 4. The Labute approximate surface area is 302 Å². The van der Waals surface area contributed by atoms with E-state index in [4.69, 9.17) is 9.47 Å². The Kier molecular flexibility index (Phi) is 15.8. The lowest BCUT2D eigenvalue weighted by molar-refractivity contribution is -0.146. The van der Waals surface area contributed by atoms with E-state index < -0.39 is 29.7 Å². The summed E-state index contributed by atoms with van der Waals surface area (Å²) in [5, 5.41) is 2.78. The molecule has 3 heterocycles. The average molecular weight is 718 g/mol. The molecule has 1 N–H and O–H groups in total. The summed E-state index contributed by atoms with van der Waals surface area (Å²) in [5.74, 6) is -2.06. The molecule has 6 amide bonds. The number of hydrogen-bond acceptors (Lipinski definition) is 9. The molecule has 7 atom stereocenters. The monoisotopic (exact) mass is 717 g/mol. The van der Waals surface area contributed by atoms with E-state index in [1.54, 1.807) is 42.7 Å².